The monoisotopic (exact) mass is 447 g/mol. The molecule has 0 atom stereocenters. The second kappa shape index (κ2) is 7.77. The van der Waals surface area contributed by atoms with Crippen molar-refractivity contribution in [1.29, 1.82) is 0 Å². The van der Waals surface area contributed by atoms with Crippen molar-refractivity contribution in [3.05, 3.63) is 52.9 Å². The van der Waals surface area contributed by atoms with E-state index >= 15 is 0 Å². The average molecular weight is 448 g/mol. The summed E-state index contributed by atoms with van der Waals surface area (Å²) in [7, 11) is 0. The van der Waals surface area contributed by atoms with E-state index in [4.69, 9.17) is 0 Å². The Morgan fingerprint density at radius 2 is 2.07 bits per heavy atom. The third-order valence-corrected chi connectivity index (χ3v) is 5.43. The van der Waals surface area contributed by atoms with Crippen molar-refractivity contribution in [2.24, 2.45) is 0 Å². The highest BCUT2D eigenvalue weighted by Crippen LogP contribution is 2.41. The minimum Gasteiger partial charge on any atom is -0.310 e. The van der Waals surface area contributed by atoms with Crippen molar-refractivity contribution in [2.45, 2.75) is 24.0 Å². The van der Waals surface area contributed by atoms with E-state index in [1.807, 2.05) is 4.57 Å². The third kappa shape index (κ3) is 4.19. The van der Waals surface area contributed by atoms with Crippen molar-refractivity contribution in [3.8, 4) is 11.4 Å². The van der Waals surface area contributed by atoms with E-state index in [0.29, 0.717) is 22.4 Å². The maximum Gasteiger partial charge on any atom is 0.236 e. The fourth-order valence-corrected chi connectivity index (χ4v) is 3.66. The molecular formula is C18H15BrFN5OS. The maximum atomic E-state index is 14.2. The van der Waals surface area contributed by atoms with Gasteiger partial charge in [0.25, 0.3) is 0 Å². The number of nitrogens with one attached hydrogen (secondary N) is 1. The average Bonchev–Trinajstić information content (AvgIpc) is 3.42. The molecule has 2 heterocycles. The summed E-state index contributed by atoms with van der Waals surface area (Å²) in [5.41, 5.74) is 0.423. The van der Waals surface area contributed by atoms with Crippen LogP contribution in [0.5, 0.6) is 0 Å². The number of rotatable bonds is 6. The molecule has 1 aromatic carbocycles. The molecule has 0 saturated heterocycles. The summed E-state index contributed by atoms with van der Waals surface area (Å²) in [6, 6.07) is 10.3. The summed E-state index contributed by atoms with van der Waals surface area (Å²) in [6.45, 7) is 0. The van der Waals surface area contributed by atoms with Crippen LogP contribution >= 0.6 is 27.7 Å². The number of carbonyl (C=O) groups excluding carboxylic acids is 1. The standard InChI is InChI=1S/C18H15BrFN5OS/c19-11-5-8-15(21-9-11)22-16(26)10-27-18-24-23-17(25(18)12-6-7-12)13-3-1-2-4-14(13)20/h1-5,8-9,12H,6-7,10H2,(H,21,22,26). The Kier molecular flexibility index (Phi) is 5.22. The predicted molar refractivity (Wildman–Crippen MR) is 105 cm³/mol. The second-order valence-corrected chi connectivity index (χ2v) is 7.94. The number of thioether (sulfide) groups is 1. The van der Waals surface area contributed by atoms with Gasteiger partial charge in [-0.3, -0.25) is 9.36 Å². The Morgan fingerprint density at radius 3 is 2.78 bits per heavy atom. The van der Waals surface area contributed by atoms with Gasteiger partial charge >= 0.3 is 0 Å². The molecule has 0 spiro atoms. The highest BCUT2D eigenvalue weighted by Gasteiger charge is 2.31. The first-order valence-electron chi connectivity index (χ1n) is 8.36. The molecule has 1 aliphatic carbocycles. The summed E-state index contributed by atoms with van der Waals surface area (Å²) >= 11 is 4.59. The molecule has 1 saturated carbocycles. The zero-order valence-electron chi connectivity index (χ0n) is 14.1. The molecule has 1 fully saturated rings. The molecular weight excluding hydrogens is 433 g/mol. The second-order valence-electron chi connectivity index (χ2n) is 6.09. The van der Waals surface area contributed by atoms with Crippen LogP contribution in [0.2, 0.25) is 0 Å². The van der Waals surface area contributed by atoms with Crippen LogP contribution in [0.25, 0.3) is 11.4 Å². The van der Waals surface area contributed by atoms with E-state index in [9.17, 15) is 9.18 Å². The highest BCUT2D eigenvalue weighted by atomic mass is 79.9. The molecule has 1 aliphatic rings. The van der Waals surface area contributed by atoms with Gasteiger partial charge in [0.2, 0.25) is 5.91 Å². The molecule has 2 aromatic heterocycles. The van der Waals surface area contributed by atoms with Crippen LogP contribution in [0.3, 0.4) is 0 Å². The molecule has 3 aromatic rings. The molecule has 4 rings (SSSR count). The molecule has 0 radical (unpaired) electrons. The third-order valence-electron chi connectivity index (χ3n) is 4.02. The van der Waals surface area contributed by atoms with Gasteiger partial charge < -0.3 is 5.32 Å². The normalized spacial score (nSPS) is 13.6. The van der Waals surface area contributed by atoms with Crippen molar-refractivity contribution in [2.75, 3.05) is 11.1 Å². The molecule has 27 heavy (non-hydrogen) atoms. The summed E-state index contributed by atoms with van der Waals surface area (Å²) in [5, 5.41) is 11.7. The van der Waals surface area contributed by atoms with Gasteiger partial charge in [-0.1, -0.05) is 23.9 Å². The Hall–Kier alpha value is -2.26. The topological polar surface area (TPSA) is 72.7 Å². The van der Waals surface area contributed by atoms with Gasteiger partial charge in [-0.2, -0.15) is 0 Å². The summed E-state index contributed by atoms with van der Waals surface area (Å²) in [4.78, 5) is 16.3. The fraction of sp³-hybridized carbons (Fsp3) is 0.222. The SMILES string of the molecule is O=C(CSc1nnc(-c2ccccc2F)n1C1CC1)Nc1ccc(Br)cn1. The van der Waals surface area contributed by atoms with E-state index in [-0.39, 0.29) is 23.5 Å². The zero-order valence-corrected chi connectivity index (χ0v) is 16.5. The molecule has 0 bridgehead atoms. The first-order chi connectivity index (χ1) is 13.1. The lowest BCUT2D eigenvalue weighted by atomic mass is 10.2. The number of amides is 1. The van der Waals surface area contributed by atoms with Crippen LogP contribution in [0.15, 0.2) is 52.2 Å². The van der Waals surface area contributed by atoms with Crippen LogP contribution in [0, 0.1) is 5.82 Å². The molecule has 1 N–H and O–H groups in total. The first-order valence-corrected chi connectivity index (χ1v) is 10.1. The number of hydrogen-bond donors (Lipinski definition) is 1. The van der Waals surface area contributed by atoms with E-state index in [0.717, 1.165) is 17.3 Å². The lowest BCUT2D eigenvalue weighted by Gasteiger charge is -2.09. The van der Waals surface area contributed by atoms with Gasteiger partial charge in [-0.15, -0.1) is 10.2 Å². The molecule has 1 amide bonds. The number of halogens is 2. The fourth-order valence-electron chi connectivity index (χ4n) is 2.62. The number of aromatic nitrogens is 4. The van der Waals surface area contributed by atoms with Gasteiger partial charge in [-0.05, 0) is 53.0 Å². The van der Waals surface area contributed by atoms with Crippen LogP contribution in [0.1, 0.15) is 18.9 Å². The minimum atomic E-state index is -0.331. The number of anilines is 1. The lowest BCUT2D eigenvalue weighted by molar-refractivity contribution is -0.113. The first kappa shape index (κ1) is 18.1. The minimum absolute atomic E-state index is 0.167. The Bertz CT molecular complexity index is 974. The predicted octanol–water partition coefficient (Wildman–Crippen LogP) is 4.31. The molecule has 138 valence electrons. The van der Waals surface area contributed by atoms with Gasteiger partial charge in [0.1, 0.15) is 11.6 Å². The highest BCUT2D eigenvalue weighted by molar-refractivity contribution is 9.10. The summed E-state index contributed by atoms with van der Waals surface area (Å²) in [6.07, 6.45) is 3.62. The molecule has 6 nitrogen and oxygen atoms in total. The maximum absolute atomic E-state index is 14.2. The van der Waals surface area contributed by atoms with Crippen molar-refractivity contribution < 1.29 is 9.18 Å². The van der Waals surface area contributed by atoms with Crippen LogP contribution in [-0.4, -0.2) is 31.4 Å². The quantitative estimate of drug-likeness (QED) is 0.570. The van der Waals surface area contributed by atoms with Crippen LogP contribution in [-0.2, 0) is 4.79 Å². The molecule has 0 aliphatic heterocycles. The lowest BCUT2D eigenvalue weighted by Crippen LogP contribution is -2.15. The van der Waals surface area contributed by atoms with Crippen molar-refractivity contribution in [3.63, 3.8) is 0 Å². The van der Waals surface area contributed by atoms with E-state index in [1.165, 1.54) is 17.8 Å². The summed E-state index contributed by atoms with van der Waals surface area (Å²) < 4.78 is 17.0. The number of carbonyl (C=O) groups is 1. The number of benzene rings is 1. The zero-order chi connectivity index (χ0) is 18.8. The Morgan fingerprint density at radius 1 is 1.26 bits per heavy atom. The van der Waals surface area contributed by atoms with Gasteiger partial charge in [0, 0.05) is 16.7 Å². The Labute approximate surface area is 167 Å². The van der Waals surface area contributed by atoms with Crippen LogP contribution < -0.4 is 5.32 Å². The van der Waals surface area contributed by atoms with Gasteiger partial charge in [-0.25, -0.2) is 9.37 Å². The van der Waals surface area contributed by atoms with Gasteiger partial charge in [0.05, 0.1) is 11.3 Å². The van der Waals surface area contributed by atoms with E-state index in [1.54, 1.807) is 36.5 Å². The largest absolute Gasteiger partial charge is 0.310 e. The van der Waals surface area contributed by atoms with E-state index in [2.05, 4.69) is 36.4 Å². The van der Waals surface area contributed by atoms with Gasteiger partial charge in [0.15, 0.2) is 11.0 Å². The number of hydrogen-bond acceptors (Lipinski definition) is 5. The Balaban J connectivity index is 1.49. The number of nitrogens with zero attached hydrogens (tertiary/aromatic N) is 4. The molecule has 9 heteroatoms. The smallest absolute Gasteiger partial charge is 0.236 e. The van der Waals surface area contributed by atoms with Crippen molar-refractivity contribution >= 4 is 39.4 Å². The summed E-state index contributed by atoms with van der Waals surface area (Å²) in [5.74, 6) is 0.641. The number of pyridine rings is 1. The van der Waals surface area contributed by atoms with Crippen LogP contribution in [0.4, 0.5) is 10.2 Å². The van der Waals surface area contributed by atoms with E-state index < -0.39 is 0 Å². The molecule has 0 unspecified atom stereocenters. The van der Waals surface area contributed by atoms with Crippen molar-refractivity contribution in [1.82, 2.24) is 19.7 Å².